The van der Waals surface area contributed by atoms with Gasteiger partial charge in [-0.1, -0.05) is 31.4 Å². The third kappa shape index (κ3) is 2.72. The first-order valence-corrected chi connectivity index (χ1v) is 11.5. The van der Waals surface area contributed by atoms with Gasteiger partial charge in [-0.05, 0) is 64.5 Å². The molecule has 32 heavy (non-hydrogen) atoms. The molecular weight excluding hydrogens is 542 g/mol. The summed E-state index contributed by atoms with van der Waals surface area (Å²) in [5.74, 6) is 3.95. The summed E-state index contributed by atoms with van der Waals surface area (Å²) >= 11 is 0. The molecule has 0 spiro atoms. The molecule has 2 fully saturated rings. The van der Waals surface area contributed by atoms with Crippen LogP contribution in [0.3, 0.4) is 0 Å². The van der Waals surface area contributed by atoms with E-state index in [2.05, 4.69) is 49.8 Å². The number of hydrogen-bond donors (Lipinski definition) is 0. The molecule has 158 valence electrons. The van der Waals surface area contributed by atoms with Crippen LogP contribution in [0.15, 0.2) is 0 Å². The maximum Gasteiger partial charge on any atom is 0.0676 e. The first-order valence-electron chi connectivity index (χ1n) is 11.5. The summed E-state index contributed by atoms with van der Waals surface area (Å²) in [5, 5.41) is 0. The van der Waals surface area contributed by atoms with Gasteiger partial charge in [-0.3, -0.25) is 4.90 Å². The molecule has 0 N–H and O–H groups in total. The van der Waals surface area contributed by atoms with Crippen molar-refractivity contribution < 1.29 is 65.4 Å². The molecule has 0 saturated heterocycles. The molecule has 6 radical (unpaired) electrons. The van der Waals surface area contributed by atoms with E-state index in [0.717, 1.165) is 36.8 Å². The van der Waals surface area contributed by atoms with E-state index in [1.807, 2.05) is 0 Å². The first kappa shape index (κ1) is 24.1. The predicted octanol–water partition coefficient (Wildman–Crippen LogP) is 4.96. The van der Waals surface area contributed by atoms with Crippen LogP contribution in [0.5, 0.6) is 0 Å². The minimum absolute atomic E-state index is 0. The van der Waals surface area contributed by atoms with Gasteiger partial charge in [0.25, 0.3) is 0 Å². The van der Waals surface area contributed by atoms with E-state index in [9.17, 15) is 0 Å². The minimum atomic E-state index is 0. The van der Waals surface area contributed by atoms with Gasteiger partial charge in [0.2, 0.25) is 0 Å². The van der Waals surface area contributed by atoms with E-state index in [1.165, 1.54) is 51.1 Å². The first-order chi connectivity index (χ1) is 14.4. The van der Waals surface area contributed by atoms with Crippen LogP contribution in [0.4, 0.5) is 5.69 Å². The van der Waals surface area contributed by atoms with Gasteiger partial charge in [0, 0.05) is 72.0 Å². The second-order valence-electron chi connectivity index (χ2n) is 10.5. The molecule has 6 unspecified atom stereocenters. The Morgan fingerprint density at radius 2 is 1.50 bits per heavy atom. The Hall–Kier alpha value is 0.408. The molecule has 7 rings (SSSR count). The van der Waals surface area contributed by atoms with Crippen molar-refractivity contribution >= 4 is 5.69 Å². The average Bonchev–Trinajstić information content (AvgIpc) is 3.16. The van der Waals surface area contributed by atoms with Gasteiger partial charge < -0.3 is 4.90 Å². The molecule has 2 nitrogen and oxygen atoms in total. The molecule has 0 aromatic heterocycles. The van der Waals surface area contributed by atoms with Gasteiger partial charge in [-0.2, -0.15) is 34.4 Å². The maximum atomic E-state index is 6.88. The number of hydrogen-bond acceptors (Lipinski definition) is 2. The molecule has 1 aliphatic heterocycles. The molecule has 6 atom stereocenters. The smallest absolute Gasteiger partial charge is 0.0676 e. The topological polar surface area (TPSA) is 6.48 Å². The van der Waals surface area contributed by atoms with Crippen molar-refractivity contribution in [3.05, 3.63) is 76.1 Å². The zero-order valence-electron chi connectivity index (χ0n) is 19.5. The van der Waals surface area contributed by atoms with E-state index in [0.29, 0.717) is 29.6 Å². The SMILES string of the molecule is [CH]c1c(C)c(C)[c-]c2c1C1C3CC(C21)C1c2[c-]c4c(c([CH])c2C31)CN(C)CN4CC.[Y].[Y]. The predicted molar refractivity (Wildman–Crippen MR) is 119 cm³/mol. The zero-order chi connectivity index (χ0) is 20.6. The number of anilines is 1. The minimum Gasteiger partial charge on any atom is -0.381 e. The third-order valence-electron chi connectivity index (χ3n) is 9.35. The Bertz CT molecular complexity index is 1140. The molecule has 5 aliphatic rings. The van der Waals surface area contributed by atoms with Crippen molar-refractivity contribution in [1.82, 2.24) is 4.90 Å². The molecule has 2 saturated carbocycles. The van der Waals surface area contributed by atoms with Gasteiger partial charge >= 0.3 is 0 Å². The Balaban J connectivity index is 0.00000108. The molecule has 2 aromatic rings. The van der Waals surface area contributed by atoms with Gasteiger partial charge in [0.05, 0.1) is 6.67 Å². The van der Waals surface area contributed by atoms with Crippen LogP contribution in [0.1, 0.15) is 87.1 Å². The van der Waals surface area contributed by atoms with Crippen LogP contribution >= 0.6 is 0 Å². The maximum absolute atomic E-state index is 6.88. The molecule has 2 bridgehead atoms. The largest absolute Gasteiger partial charge is 0.381 e. The number of nitrogens with zero attached hydrogens (tertiary/aromatic N) is 2. The molecule has 0 amide bonds. The van der Waals surface area contributed by atoms with Gasteiger partial charge in [0.15, 0.2) is 0 Å². The fourth-order valence-electron chi connectivity index (χ4n) is 8.03. The van der Waals surface area contributed by atoms with E-state index in [-0.39, 0.29) is 65.4 Å². The summed E-state index contributed by atoms with van der Waals surface area (Å²) in [7, 11) is 2.18. The fourth-order valence-corrected chi connectivity index (χ4v) is 8.03. The zero-order valence-corrected chi connectivity index (χ0v) is 25.2. The van der Waals surface area contributed by atoms with Crippen LogP contribution in [0, 0.1) is 51.7 Å². The van der Waals surface area contributed by atoms with Crippen molar-refractivity contribution in [2.75, 3.05) is 25.2 Å². The van der Waals surface area contributed by atoms with E-state index in [4.69, 9.17) is 13.8 Å². The van der Waals surface area contributed by atoms with Crippen LogP contribution in [0.2, 0.25) is 0 Å². The van der Waals surface area contributed by atoms with Gasteiger partial charge in [0.1, 0.15) is 0 Å². The fraction of sp³-hybridized carbons (Fsp3) is 0.500. The van der Waals surface area contributed by atoms with Gasteiger partial charge in [-0.15, -0.1) is 27.8 Å². The average molecular weight is 570 g/mol. The van der Waals surface area contributed by atoms with Crippen molar-refractivity contribution in [2.45, 2.75) is 57.4 Å². The standard InChI is InChI=1S/C28H28N2.2Y/c1-7-30-12-29(6)11-21-16(5)24-20(10-22(21)30)26-18-9-19(28(24)26)27-23-15(4)14(3)13(2)8-17(23)25(18)27;;/h4-5,18-19,25-28H,7,9,11-12H2,1-3,6H3;;/q-2;;. The van der Waals surface area contributed by atoms with E-state index in [1.54, 1.807) is 0 Å². The Kier molecular flexibility index (Phi) is 6.00. The monoisotopic (exact) mass is 570 g/mol. The van der Waals surface area contributed by atoms with Crippen LogP contribution in [0.25, 0.3) is 0 Å². The second kappa shape index (κ2) is 7.96. The van der Waals surface area contributed by atoms with Crippen LogP contribution < -0.4 is 4.90 Å². The van der Waals surface area contributed by atoms with Gasteiger partial charge in [-0.25, -0.2) is 0 Å². The molecular formula is C28H28N2Y2-2. The van der Waals surface area contributed by atoms with Crippen LogP contribution in [-0.4, -0.2) is 25.2 Å². The van der Waals surface area contributed by atoms with Crippen LogP contribution in [-0.2, 0) is 72.0 Å². The summed E-state index contributed by atoms with van der Waals surface area (Å²) < 4.78 is 0. The molecule has 4 heteroatoms. The second-order valence-corrected chi connectivity index (χ2v) is 10.5. The normalized spacial score (nSPS) is 32.4. The summed E-state index contributed by atoms with van der Waals surface area (Å²) in [6.45, 7) is 22.9. The summed E-state index contributed by atoms with van der Waals surface area (Å²) in [4.78, 5) is 4.79. The Morgan fingerprint density at radius 3 is 2.16 bits per heavy atom. The molecule has 2 aromatic carbocycles. The Labute approximate surface area is 244 Å². The number of aryl methyl sites for hydroxylation is 1. The van der Waals surface area contributed by atoms with Crippen molar-refractivity contribution in [3.8, 4) is 0 Å². The Morgan fingerprint density at radius 1 is 0.906 bits per heavy atom. The van der Waals surface area contributed by atoms with Crippen molar-refractivity contribution in [1.29, 1.82) is 0 Å². The summed E-state index contributed by atoms with van der Waals surface area (Å²) in [6.07, 6.45) is 1.31. The number of benzene rings is 2. The third-order valence-corrected chi connectivity index (χ3v) is 9.35. The molecule has 1 heterocycles. The molecule has 4 aliphatic carbocycles. The number of fused-ring (bicyclic) bond motifs is 15. The summed E-state index contributed by atoms with van der Waals surface area (Å²) in [6, 6.07) is 7.63. The van der Waals surface area contributed by atoms with E-state index < -0.39 is 0 Å². The van der Waals surface area contributed by atoms with Crippen molar-refractivity contribution in [3.63, 3.8) is 0 Å². The van der Waals surface area contributed by atoms with Crippen molar-refractivity contribution in [2.24, 2.45) is 11.8 Å². The van der Waals surface area contributed by atoms with E-state index >= 15 is 0 Å². The number of rotatable bonds is 1. The summed E-state index contributed by atoms with van der Waals surface area (Å²) in [5.41, 5.74) is 12.9. The quantitative estimate of drug-likeness (QED) is 0.354.